The third kappa shape index (κ3) is 4.38. The third-order valence-electron chi connectivity index (χ3n) is 7.28. The highest BCUT2D eigenvalue weighted by molar-refractivity contribution is 7.18. The zero-order valence-electron chi connectivity index (χ0n) is 22.4. The van der Waals surface area contributed by atoms with Gasteiger partial charge in [-0.25, -0.2) is 14.2 Å². The molecule has 7 rings (SSSR count). The Hall–Kier alpha value is -5.35. The van der Waals surface area contributed by atoms with Crippen molar-refractivity contribution in [3.05, 3.63) is 133 Å². The molecule has 1 N–H and O–H groups in total. The number of hydrogen-bond acceptors (Lipinski definition) is 7. The number of hydrogen-bond donors (Lipinski definition) is 1. The van der Waals surface area contributed by atoms with E-state index in [4.69, 9.17) is 4.52 Å². The fraction of sp³-hybridized carbons (Fsp3) is 0.0938. The normalized spacial score (nSPS) is 11.5. The van der Waals surface area contributed by atoms with Crippen molar-refractivity contribution in [2.75, 3.05) is 0 Å². The monoisotopic (exact) mass is 573 g/mol. The number of pyridine rings is 1. The lowest BCUT2D eigenvalue weighted by Crippen LogP contribution is -2.38. The maximum absolute atomic E-state index is 14.0. The molecule has 0 amide bonds. The van der Waals surface area contributed by atoms with Crippen molar-refractivity contribution >= 4 is 32.5 Å². The molecule has 0 aliphatic carbocycles. The predicted molar refractivity (Wildman–Crippen MR) is 163 cm³/mol. The zero-order chi connectivity index (χ0) is 28.8. The lowest BCUT2D eigenvalue weighted by atomic mass is 9.98. The van der Waals surface area contributed by atoms with Gasteiger partial charge >= 0.3 is 11.4 Å². The van der Waals surface area contributed by atoms with Crippen molar-refractivity contribution in [2.24, 2.45) is 0 Å². The van der Waals surface area contributed by atoms with Crippen LogP contribution in [0.5, 0.6) is 0 Å². The minimum absolute atomic E-state index is 0.277. The van der Waals surface area contributed by atoms with E-state index in [0.717, 1.165) is 44.5 Å². The summed E-state index contributed by atoms with van der Waals surface area (Å²) in [6.45, 7) is 2.31. The highest BCUT2D eigenvalue weighted by atomic mass is 32.1. The van der Waals surface area contributed by atoms with E-state index in [2.05, 4.69) is 15.1 Å². The molecule has 0 aliphatic rings. The summed E-state index contributed by atoms with van der Waals surface area (Å²) < 4.78 is 7.59. The number of fused-ring (bicyclic) bond motifs is 2. The number of aryl methyl sites for hydroxylation is 1. The smallest absolute Gasteiger partial charge is 0.296 e. The SMILES string of the molecule is CCc1cc2c(=O)n(-c3cnc4ccccc4c3)c(=O)n(Cc3ccc(-c4ccccc4-c4noc(=O)[nH]4)cc3)c2s1. The summed E-state index contributed by atoms with van der Waals surface area (Å²) >= 11 is 1.47. The molecule has 0 unspecified atom stereocenters. The van der Waals surface area contributed by atoms with Crippen LogP contribution in [-0.2, 0) is 13.0 Å². The summed E-state index contributed by atoms with van der Waals surface area (Å²) in [6, 6.07) is 26.7. The number of benzene rings is 3. The molecule has 4 heterocycles. The largest absolute Gasteiger partial charge is 0.439 e. The van der Waals surface area contributed by atoms with Crippen molar-refractivity contribution < 1.29 is 4.52 Å². The summed E-state index contributed by atoms with van der Waals surface area (Å²) in [4.78, 5) is 48.0. The number of nitrogens with one attached hydrogen (secondary N) is 1. The van der Waals surface area contributed by atoms with Crippen molar-refractivity contribution in [2.45, 2.75) is 19.9 Å². The van der Waals surface area contributed by atoms with Crippen molar-refractivity contribution in [1.82, 2.24) is 24.3 Å². The summed E-state index contributed by atoms with van der Waals surface area (Å²) in [5.41, 5.74) is 3.86. The molecule has 3 aromatic carbocycles. The quantitative estimate of drug-likeness (QED) is 0.286. The second-order valence-electron chi connectivity index (χ2n) is 9.87. The van der Waals surface area contributed by atoms with Crippen LogP contribution in [0, 0.1) is 0 Å². The van der Waals surface area contributed by atoms with Crippen LogP contribution in [0.2, 0.25) is 0 Å². The molecule has 7 aromatic rings. The van der Waals surface area contributed by atoms with Gasteiger partial charge in [-0.2, -0.15) is 0 Å². The highest BCUT2D eigenvalue weighted by Crippen LogP contribution is 2.30. The van der Waals surface area contributed by atoms with E-state index >= 15 is 0 Å². The topological polar surface area (TPSA) is 116 Å². The van der Waals surface area contributed by atoms with Crippen LogP contribution in [-0.4, -0.2) is 24.3 Å². The van der Waals surface area contributed by atoms with Crippen LogP contribution < -0.4 is 17.0 Å². The number of rotatable bonds is 6. The number of thiophene rings is 1. The maximum Gasteiger partial charge on any atom is 0.439 e. The van der Waals surface area contributed by atoms with Gasteiger partial charge in [0.25, 0.3) is 5.56 Å². The maximum atomic E-state index is 14.0. The number of aromatic nitrogens is 5. The van der Waals surface area contributed by atoms with E-state index in [9.17, 15) is 14.4 Å². The van der Waals surface area contributed by atoms with Gasteiger partial charge in [0.2, 0.25) is 0 Å². The molecule has 0 radical (unpaired) electrons. The minimum atomic E-state index is -0.618. The van der Waals surface area contributed by atoms with E-state index in [-0.39, 0.29) is 12.1 Å². The molecule has 206 valence electrons. The number of aromatic amines is 1. The Morgan fingerprint density at radius 3 is 2.43 bits per heavy atom. The number of para-hydroxylation sites is 1. The van der Waals surface area contributed by atoms with Crippen molar-refractivity contribution in [3.63, 3.8) is 0 Å². The van der Waals surface area contributed by atoms with Crippen LogP contribution in [0.4, 0.5) is 0 Å². The predicted octanol–water partition coefficient (Wildman–Crippen LogP) is 5.38. The van der Waals surface area contributed by atoms with Crippen LogP contribution in [0.1, 0.15) is 17.4 Å². The molecule has 9 nitrogen and oxygen atoms in total. The van der Waals surface area contributed by atoms with Crippen LogP contribution in [0.25, 0.3) is 49.3 Å². The molecular formula is C32H23N5O4S. The second kappa shape index (κ2) is 10.2. The molecule has 10 heteroatoms. The fourth-order valence-electron chi connectivity index (χ4n) is 5.18. The van der Waals surface area contributed by atoms with Gasteiger partial charge in [0.15, 0.2) is 5.82 Å². The van der Waals surface area contributed by atoms with Crippen molar-refractivity contribution in [3.8, 4) is 28.2 Å². The average Bonchev–Trinajstić information content (AvgIpc) is 3.66. The van der Waals surface area contributed by atoms with Crippen molar-refractivity contribution in [1.29, 1.82) is 0 Å². The lowest BCUT2D eigenvalue weighted by Gasteiger charge is -2.13. The molecule has 0 atom stereocenters. The van der Waals surface area contributed by atoms with Crippen LogP contribution >= 0.6 is 11.3 Å². The summed E-state index contributed by atoms with van der Waals surface area (Å²) in [5.74, 6) is -0.268. The molecule has 4 aromatic heterocycles. The molecule has 0 aliphatic heterocycles. The van der Waals surface area contributed by atoms with E-state index in [1.165, 1.54) is 15.9 Å². The highest BCUT2D eigenvalue weighted by Gasteiger charge is 2.19. The van der Waals surface area contributed by atoms with Gasteiger partial charge in [-0.15, -0.1) is 11.3 Å². The summed E-state index contributed by atoms with van der Waals surface area (Å²) in [7, 11) is 0. The third-order valence-corrected chi connectivity index (χ3v) is 8.58. The number of H-pyrrole nitrogens is 1. The molecule has 0 bridgehead atoms. The first kappa shape index (κ1) is 25.6. The Kier molecular flexibility index (Phi) is 6.24. The van der Waals surface area contributed by atoms with Gasteiger partial charge in [0, 0.05) is 15.8 Å². The van der Waals surface area contributed by atoms with Gasteiger partial charge in [-0.3, -0.25) is 23.9 Å². The first-order chi connectivity index (χ1) is 20.5. The first-order valence-electron chi connectivity index (χ1n) is 13.4. The standard InChI is InChI=1S/C32H23N5O4S/c1-2-23-16-26-29(38)37(22-15-21-7-3-6-10-27(21)33-17-22)32(40)36(30(26)42-23)18-19-11-13-20(14-12-19)24-8-4-5-9-25(24)28-34-31(39)41-35-28/h3-17H,2,18H2,1H3,(H,34,35,39). The summed E-state index contributed by atoms with van der Waals surface area (Å²) in [5, 5.41) is 5.19. The Morgan fingerprint density at radius 1 is 0.905 bits per heavy atom. The summed E-state index contributed by atoms with van der Waals surface area (Å²) in [6.07, 6.45) is 2.33. The Morgan fingerprint density at radius 2 is 1.67 bits per heavy atom. The molecule has 0 saturated carbocycles. The van der Waals surface area contributed by atoms with Gasteiger partial charge in [0.05, 0.1) is 29.3 Å². The van der Waals surface area contributed by atoms with E-state index < -0.39 is 11.4 Å². The van der Waals surface area contributed by atoms with E-state index in [0.29, 0.717) is 21.7 Å². The molecule has 0 fully saturated rings. The number of nitrogens with zero attached hydrogens (tertiary/aromatic N) is 4. The Balaban J connectivity index is 1.32. The fourth-order valence-corrected chi connectivity index (χ4v) is 6.26. The first-order valence-corrected chi connectivity index (χ1v) is 14.2. The van der Waals surface area contributed by atoms with Crippen LogP contribution in [0.3, 0.4) is 0 Å². The molecular weight excluding hydrogens is 550 g/mol. The van der Waals surface area contributed by atoms with Gasteiger partial charge < -0.3 is 0 Å². The average molecular weight is 574 g/mol. The minimum Gasteiger partial charge on any atom is -0.296 e. The second-order valence-corrected chi connectivity index (χ2v) is 11.0. The molecule has 0 saturated heterocycles. The van der Waals surface area contributed by atoms with E-state index in [1.807, 2.05) is 91.9 Å². The van der Waals surface area contributed by atoms with Gasteiger partial charge in [-0.1, -0.05) is 78.8 Å². The Labute approximate surface area is 242 Å². The van der Waals surface area contributed by atoms with E-state index in [1.54, 1.807) is 10.8 Å². The van der Waals surface area contributed by atoms with Gasteiger partial charge in [-0.05, 0) is 41.3 Å². The van der Waals surface area contributed by atoms with Crippen LogP contribution in [0.15, 0.2) is 110 Å². The van der Waals surface area contributed by atoms with Gasteiger partial charge in [0.1, 0.15) is 4.83 Å². The zero-order valence-corrected chi connectivity index (χ0v) is 23.2. The molecule has 42 heavy (non-hydrogen) atoms. The Bertz CT molecular complexity index is 2290. The molecule has 0 spiro atoms. The lowest BCUT2D eigenvalue weighted by molar-refractivity contribution is 0.388.